The van der Waals surface area contributed by atoms with Gasteiger partial charge in [-0.15, -0.1) is 0 Å². The molecule has 7 nitrogen and oxygen atoms in total. The summed E-state index contributed by atoms with van der Waals surface area (Å²) < 4.78 is 5.02. The van der Waals surface area contributed by atoms with Gasteiger partial charge in [-0.1, -0.05) is 23.2 Å². The molecule has 1 aliphatic rings. The standard InChI is InChI=1S/C14H13Cl2N3O4/c1-7(23-14(22)11-4-5-12(20)19-18-11)13(21)17-10-3-2-8(15)6-9(10)16/h2-3,6-7H,4-5H2,1H3,(H,17,21)(H,19,20)/t7-/m0/s1. The monoisotopic (exact) mass is 357 g/mol. The number of carbonyl (C=O) groups is 3. The smallest absolute Gasteiger partial charge is 0.355 e. The van der Waals surface area contributed by atoms with E-state index in [0.717, 1.165) is 0 Å². The summed E-state index contributed by atoms with van der Waals surface area (Å²) in [6.45, 7) is 1.42. The molecule has 0 spiro atoms. The predicted molar refractivity (Wildman–Crippen MR) is 85.5 cm³/mol. The molecule has 23 heavy (non-hydrogen) atoms. The molecule has 1 heterocycles. The third-order valence-electron chi connectivity index (χ3n) is 2.98. The van der Waals surface area contributed by atoms with Gasteiger partial charge in [0.2, 0.25) is 5.91 Å². The average Bonchev–Trinajstić information content (AvgIpc) is 2.50. The number of esters is 1. The van der Waals surface area contributed by atoms with Gasteiger partial charge in [-0.25, -0.2) is 10.2 Å². The highest BCUT2D eigenvalue weighted by Crippen LogP contribution is 2.25. The van der Waals surface area contributed by atoms with Crippen molar-refractivity contribution in [3.8, 4) is 0 Å². The van der Waals surface area contributed by atoms with Crippen molar-refractivity contribution in [2.24, 2.45) is 5.10 Å². The van der Waals surface area contributed by atoms with Crippen LogP contribution in [0.5, 0.6) is 0 Å². The minimum Gasteiger partial charge on any atom is -0.448 e. The van der Waals surface area contributed by atoms with E-state index in [-0.39, 0.29) is 29.5 Å². The number of halogens is 2. The minimum atomic E-state index is -1.06. The summed E-state index contributed by atoms with van der Waals surface area (Å²) in [6, 6.07) is 4.59. The molecular weight excluding hydrogens is 345 g/mol. The average molecular weight is 358 g/mol. The van der Waals surface area contributed by atoms with Gasteiger partial charge in [0.05, 0.1) is 10.7 Å². The van der Waals surface area contributed by atoms with Crippen LogP contribution in [0.2, 0.25) is 10.0 Å². The van der Waals surface area contributed by atoms with E-state index in [9.17, 15) is 14.4 Å². The van der Waals surface area contributed by atoms with Crippen molar-refractivity contribution in [2.45, 2.75) is 25.9 Å². The van der Waals surface area contributed by atoms with Gasteiger partial charge in [0.15, 0.2) is 6.10 Å². The van der Waals surface area contributed by atoms with Gasteiger partial charge in [-0.05, 0) is 25.1 Å². The predicted octanol–water partition coefficient (Wildman–Crippen LogP) is 2.13. The van der Waals surface area contributed by atoms with Gasteiger partial charge in [0.25, 0.3) is 5.91 Å². The van der Waals surface area contributed by atoms with Crippen molar-refractivity contribution >= 4 is 52.4 Å². The molecule has 0 aromatic heterocycles. The molecule has 1 aromatic carbocycles. The molecule has 2 N–H and O–H groups in total. The number of nitrogens with zero attached hydrogens (tertiary/aromatic N) is 1. The van der Waals surface area contributed by atoms with Crippen LogP contribution in [0.1, 0.15) is 19.8 Å². The van der Waals surface area contributed by atoms with E-state index in [1.165, 1.54) is 19.1 Å². The molecule has 1 aliphatic heterocycles. The van der Waals surface area contributed by atoms with Crippen molar-refractivity contribution in [1.29, 1.82) is 0 Å². The van der Waals surface area contributed by atoms with Crippen LogP contribution in [-0.4, -0.2) is 29.6 Å². The summed E-state index contributed by atoms with van der Waals surface area (Å²) in [5.41, 5.74) is 2.60. The maximum Gasteiger partial charge on any atom is 0.355 e. The Labute approximate surface area is 142 Å². The molecule has 0 unspecified atom stereocenters. The van der Waals surface area contributed by atoms with E-state index in [4.69, 9.17) is 27.9 Å². The fourth-order valence-corrected chi connectivity index (χ4v) is 2.18. The van der Waals surface area contributed by atoms with Gasteiger partial charge in [-0.2, -0.15) is 5.10 Å². The lowest BCUT2D eigenvalue weighted by Gasteiger charge is -2.16. The molecule has 2 amide bonds. The summed E-state index contributed by atoms with van der Waals surface area (Å²) in [7, 11) is 0. The van der Waals surface area contributed by atoms with E-state index in [0.29, 0.717) is 10.7 Å². The zero-order valence-electron chi connectivity index (χ0n) is 12.1. The highest BCUT2D eigenvalue weighted by atomic mass is 35.5. The molecular formula is C14H13Cl2N3O4. The zero-order chi connectivity index (χ0) is 17.0. The van der Waals surface area contributed by atoms with Gasteiger partial charge in [0.1, 0.15) is 5.71 Å². The van der Waals surface area contributed by atoms with E-state index >= 15 is 0 Å². The largest absolute Gasteiger partial charge is 0.448 e. The molecule has 0 bridgehead atoms. The molecule has 9 heteroatoms. The fraction of sp³-hybridized carbons (Fsp3) is 0.286. The van der Waals surface area contributed by atoms with Crippen molar-refractivity contribution in [3.63, 3.8) is 0 Å². The number of ether oxygens (including phenoxy) is 1. The zero-order valence-corrected chi connectivity index (χ0v) is 13.6. The highest BCUT2D eigenvalue weighted by Gasteiger charge is 2.24. The first-order chi connectivity index (χ1) is 10.9. The minimum absolute atomic E-state index is 0.0637. The van der Waals surface area contributed by atoms with Crippen molar-refractivity contribution in [2.75, 3.05) is 5.32 Å². The SMILES string of the molecule is C[C@H](OC(=O)C1=NNC(=O)CC1)C(=O)Nc1ccc(Cl)cc1Cl. The number of hydrogen-bond acceptors (Lipinski definition) is 5. The number of amides is 2. The Balaban J connectivity index is 1.94. The van der Waals surface area contributed by atoms with E-state index in [2.05, 4.69) is 15.8 Å². The first-order valence-electron chi connectivity index (χ1n) is 6.69. The van der Waals surface area contributed by atoms with E-state index in [1.54, 1.807) is 6.07 Å². The molecule has 122 valence electrons. The van der Waals surface area contributed by atoms with Crippen LogP contribution in [0.15, 0.2) is 23.3 Å². The number of anilines is 1. The fourth-order valence-electron chi connectivity index (χ4n) is 1.73. The van der Waals surface area contributed by atoms with Crippen molar-refractivity contribution < 1.29 is 19.1 Å². The number of nitrogens with one attached hydrogen (secondary N) is 2. The lowest BCUT2D eigenvalue weighted by Crippen LogP contribution is -2.35. The van der Waals surface area contributed by atoms with Crippen LogP contribution in [0.4, 0.5) is 5.69 Å². The topological polar surface area (TPSA) is 96.9 Å². The Hall–Kier alpha value is -2.12. The molecule has 1 atom stereocenters. The summed E-state index contributed by atoms with van der Waals surface area (Å²) in [4.78, 5) is 34.9. The Kier molecular flexibility index (Phi) is 5.57. The third-order valence-corrected chi connectivity index (χ3v) is 3.53. The van der Waals surface area contributed by atoms with Crippen LogP contribution in [0.3, 0.4) is 0 Å². The summed E-state index contributed by atoms with van der Waals surface area (Å²) in [6.07, 6.45) is -0.744. The first-order valence-corrected chi connectivity index (χ1v) is 7.44. The van der Waals surface area contributed by atoms with Crippen molar-refractivity contribution in [1.82, 2.24) is 5.43 Å². The third kappa shape index (κ3) is 4.67. The molecule has 0 radical (unpaired) electrons. The highest BCUT2D eigenvalue weighted by molar-refractivity contribution is 6.38. The Morgan fingerprint density at radius 3 is 2.70 bits per heavy atom. The number of rotatable bonds is 4. The summed E-state index contributed by atoms with van der Waals surface area (Å²) in [5, 5.41) is 6.84. The second kappa shape index (κ2) is 7.43. The lowest BCUT2D eigenvalue weighted by atomic mass is 10.2. The Morgan fingerprint density at radius 1 is 1.35 bits per heavy atom. The molecule has 2 rings (SSSR count). The number of carbonyl (C=O) groups excluding carboxylic acids is 3. The normalized spacial score (nSPS) is 15.3. The maximum absolute atomic E-state index is 12.0. The molecule has 0 fully saturated rings. The van der Waals surface area contributed by atoms with E-state index < -0.39 is 18.0 Å². The molecule has 0 aliphatic carbocycles. The van der Waals surface area contributed by atoms with Gasteiger partial charge < -0.3 is 10.1 Å². The van der Waals surface area contributed by atoms with Gasteiger partial charge >= 0.3 is 5.97 Å². The van der Waals surface area contributed by atoms with Gasteiger partial charge in [-0.3, -0.25) is 9.59 Å². The summed E-state index contributed by atoms with van der Waals surface area (Å²) in [5.74, 6) is -1.58. The molecule has 1 aromatic rings. The summed E-state index contributed by atoms with van der Waals surface area (Å²) >= 11 is 11.7. The second-order valence-electron chi connectivity index (χ2n) is 4.75. The number of benzene rings is 1. The van der Waals surface area contributed by atoms with Crippen LogP contribution in [0.25, 0.3) is 0 Å². The number of hydrogen-bond donors (Lipinski definition) is 2. The first kappa shape index (κ1) is 17.2. The Morgan fingerprint density at radius 2 is 2.09 bits per heavy atom. The number of hydrazone groups is 1. The Bertz CT molecular complexity index is 691. The quantitative estimate of drug-likeness (QED) is 0.806. The lowest BCUT2D eigenvalue weighted by molar-refractivity contribution is -0.146. The second-order valence-corrected chi connectivity index (χ2v) is 5.60. The molecule has 0 saturated heterocycles. The maximum atomic E-state index is 12.0. The van der Waals surface area contributed by atoms with Crippen LogP contribution in [-0.2, 0) is 19.1 Å². The van der Waals surface area contributed by atoms with Crippen LogP contribution >= 0.6 is 23.2 Å². The van der Waals surface area contributed by atoms with E-state index in [1.807, 2.05) is 0 Å². The van der Waals surface area contributed by atoms with Crippen molar-refractivity contribution in [3.05, 3.63) is 28.2 Å². The molecule has 0 saturated carbocycles. The van der Waals surface area contributed by atoms with Crippen LogP contribution < -0.4 is 10.7 Å². The van der Waals surface area contributed by atoms with Gasteiger partial charge in [0, 0.05) is 17.9 Å². The van der Waals surface area contributed by atoms with Crippen LogP contribution in [0, 0.1) is 0 Å².